The third kappa shape index (κ3) is 3.45. The molecule has 2 heterocycles. The van der Waals surface area contributed by atoms with Gasteiger partial charge < -0.3 is 5.73 Å². The topological polar surface area (TPSA) is 51.8 Å². The van der Waals surface area contributed by atoms with Crippen LogP contribution in [0.15, 0.2) is 35.7 Å². The summed E-state index contributed by atoms with van der Waals surface area (Å²) in [5.41, 5.74) is 6.21. The average Bonchev–Trinajstić information content (AvgIpc) is 2.83. The predicted octanol–water partition coefficient (Wildman–Crippen LogP) is 3.76. The van der Waals surface area contributed by atoms with Gasteiger partial charge in [0.25, 0.3) is 0 Å². The Balaban J connectivity index is 2.21. The van der Waals surface area contributed by atoms with Crippen molar-refractivity contribution in [1.82, 2.24) is 9.97 Å². The maximum absolute atomic E-state index is 6.21. The van der Waals surface area contributed by atoms with E-state index in [2.05, 4.69) is 16.9 Å². The highest BCUT2D eigenvalue weighted by Crippen LogP contribution is 2.41. The minimum absolute atomic E-state index is 0.0830. The maximum atomic E-state index is 6.21. The van der Waals surface area contributed by atoms with Gasteiger partial charge in [0.15, 0.2) is 0 Å². The fraction of sp³-hybridized carbons (Fsp3) is 0.333. The van der Waals surface area contributed by atoms with E-state index in [1.807, 2.05) is 18.2 Å². The molecule has 0 saturated carbocycles. The zero-order valence-electron chi connectivity index (χ0n) is 9.91. The molecule has 0 aliphatic carbocycles. The first-order valence-electron chi connectivity index (χ1n) is 5.64. The van der Waals surface area contributed by atoms with Crippen molar-refractivity contribution in [3.05, 3.63) is 39.9 Å². The third-order valence-electron chi connectivity index (χ3n) is 2.54. The summed E-state index contributed by atoms with van der Waals surface area (Å²) in [4.78, 5) is 9.35. The average molecular weight is 300 g/mol. The molecule has 0 aromatic carbocycles. The molecule has 18 heavy (non-hydrogen) atoms. The zero-order valence-corrected chi connectivity index (χ0v) is 12.3. The van der Waals surface area contributed by atoms with Crippen LogP contribution in [-0.2, 0) is 0 Å². The van der Waals surface area contributed by atoms with Gasteiger partial charge in [0, 0.05) is 17.1 Å². The fourth-order valence-corrected chi connectivity index (χ4v) is 4.01. The molecule has 0 aliphatic heterocycles. The van der Waals surface area contributed by atoms with Crippen molar-refractivity contribution in [3.8, 4) is 0 Å². The largest absolute Gasteiger partial charge is 0.326 e. The van der Waals surface area contributed by atoms with E-state index in [1.165, 1.54) is 4.88 Å². The molecule has 96 valence electrons. The number of thiophene rings is 1. The number of hydrogen-bond donors (Lipinski definition) is 1. The summed E-state index contributed by atoms with van der Waals surface area (Å²) in [7, 11) is 0. The Morgan fingerprint density at radius 2 is 2.28 bits per heavy atom. The van der Waals surface area contributed by atoms with E-state index in [-0.39, 0.29) is 11.3 Å². The van der Waals surface area contributed by atoms with Crippen LogP contribution in [0.2, 0.25) is 4.34 Å². The van der Waals surface area contributed by atoms with E-state index in [0.29, 0.717) is 0 Å². The van der Waals surface area contributed by atoms with Crippen LogP contribution in [0.3, 0.4) is 0 Å². The van der Waals surface area contributed by atoms with E-state index >= 15 is 0 Å². The second-order valence-corrected chi connectivity index (χ2v) is 6.71. The van der Waals surface area contributed by atoms with Crippen molar-refractivity contribution >= 4 is 34.7 Å². The van der Waals surface area contributed by atoms with Gasteiger partial charge in [-0.1, -0.05) is 30.3 Å². The summed E-state index contributed by atoms with van der Waals surface area (Å²) in [6.07, 6.45) is 4.21. The normalized spacial score (nSPS) is 14.4. The SMILES string of the molecule is CCC(N)C(Sc1ccncn1)c1ccc(Cl)s1. The van der Waals surface area contributed by atoms with Crippen LogP contribution in [0.25, 0.3) is 0 Å². The van der Waals surface area contributed by atoms with E-state index < -0.39 is 0 Å². The van der Waals surface area contributed by atoms with Crippen LogP contribution in [-0.4, -0.2) is 16.0 Å². The lowest BCUT2D eigenvalue weighted by molar-refractivity contribution is 0.639. The molecule has 6 heteroatoms. The van der Waals surface area contributed by atoms with E-state index in [9.17, 15) is 0 Å². The molecular weight excluding hydrogens is 286 g/mol. The third-order valence-corrected chi connectivity index (χ3v) is 5.34. The molecule has 2 unspecified atom stereocenters. The van der Waals surface area contributed by atoms with Crippen LogP contribution in [0, 0.1) is 0 Å². The minimum atomic E-state index is 0.0830. The molecular formula is C12H14ClN3S2. The van der Waals surface area contributed by atoms with Crippen molar-refractivity contribution in [2.24, 2.45) is 5.73 Å². The van der Waals surface area contributed by atoms with Crippen LogP contribution in [0.4, 0.5) is 0 Å². The number of aromatic nitrogens is 2. The van der Waals surface area contributed by atoms with Gasteiger partial charge in [-0.2, -0.15) is 0 Å². The van der Waals surface area contributed by atoms with Gasteiger partial charge in [0.2, 0.25) is 0 Å². The standard InChI is InChI=1S/C12H14ClN3S2/c1-2-8(14)12(9-3-4-10(13)17-9)18-11-5-6-15-7-16-11/h3-8,12H,2,14H2,1H3. The Hall–Kier alpha value is -0.620. The molecule has 3 nitrogen and oxygen atoms in total. The zero-order chi connectivity index (χ0) is 13.0. The summed E-state index contributed by atoms with van der Waals surface area (Å²) in [6, 6.07) is 5.94. The highest BCUT2D eigenvalue weighted by atomic mass is 35.5. The summed E-state index contributed by atoms with van der Waals surface area (Å²) >= 11 is 9.24. The first-order chi connectivity index (χ1) is 8.70. The van der Waals surface area contributed by atoms with Gasteiger partial charge >= 0.3 is 0 Å². The lowest BCUT2D eigenvalue weighted by atomic mass is 10.1. The second kappa shape index (κ2) is 6.52. The highest BCUT2D eigenvalue weighted by molar-refractivity contribution is 7.99. The number of nitrogens with zero attached hydrogens (tertiary/aromatic N) is 2. The second-order valence-electron chi connectivity index (χ2n) is 3.80. The quantitative estimate of drug-likeness (QED) is 0.674. The lowest BCUT2D eigenvalue weighted by Crippen LogP contribution is -2.25. The summed E-state index contributed by atoms with van der Waals surface area (Å²) in [5, 5.41) is 1.12. The number of halogens is 1. The van der Waals surface area contributed by atoms with E-state index in [0.717, 1.165) is 15.8 Å². The maximum Gasteiger partial charge on any atom is 0.116 e. The first-order valence-corrected chi connectivity index (χ1v) is 7.71. The molecule has 2 rings (SSSR count). The molecule has 0 aliphatic rings. The molecule has 0 amide bonds. The number of hydrogen-bond acceptors (Lipinski definition) is 5. The van der Waals surface area contributed by atoms with Crippen LogP contribution in [0.5, 0.6) is 0 Å². The molecule has 2 atom stereocenters. The number of nitrogens with two attached hydrogens (primary N) is 1. The van der Waals surface area contributed by atoms with Crippen molar-refractivity contribution < 1.29 is 0 Å². The lowest BCUT2D eigenvalue weighted by Gasteiger charge is -2.20. The molecule has 2 aromatic heterocycles. The van der Waals surface area contributed by atoms with Crippen LogP contribution < -0.4 is 5.73 Å². The van der Waals surface area contributed by atoms with E-state index in [4.69, 9.17) is 17.3 Å². The van der Waals surface area contributed by atoms with E-state index in [1.54, 1.807) is 35.6 Å². The van der Waals surface area contributed by atoms with Gasteiger partial charge in [-0.15, -0.1) is 11.3 Å². The predicted molar refractivity (Wildman–Crippen MR) is 78.2 cm³/mol. The molecule has 0 saturated heterocycles. The molecule has 0 bridgehead atoms. The Bertz CT molecular complexity index is 489. The van der Waals surface area contributed by atoms with Gasteiger partial charge in [0.05, 0.1) is 9.59 Å². The fourth-order valence-electron chi connectivity index (χ4n) is 1.53. The highest BCUT2D eigenvalue weighted by Gasteiger charge is 2.22. The summed E-state index contributed by atoms with van der Waals surface area (Å²) in [5.74, 6) is 0. The summed E-state index contributed by atoms with van der Waals surface area (Å²) < 4.78 is 0.793. The molecule has 2 aromatic rings. The van der Waals surface area contributed by atoms with Gasteiger partial charge in [-0.3, -0.25) is 0 Å². The summed E-state index contributed by atoms with van der Waals surface area (Å²) in [6.45, 7) is 2.09. The molecule has 0 fully saturated rings. The molecule has 2 N–H and O–H groups in total. The molecule has 0 radical (unpaired) electrons. The van der Waals surface area contributed by atoms with Crippen LogP contribution in [0.1, 0.15) is 23.5 Å². The van der Waals surface area contributed by atoms with Gasteiger partial charge in [0.1, 0.15) is 11.4 Å². The van der Waals surface area contributed by atoms with Crippen molar-refractivity contribution in [2.75, 3.05) is 0 Å². The Labute approximate surface area is 120 Å². The van der Waals surface area contributed by atoms with Crippen molar-refractivity contribution in [1.29, 1.82) is 0 Å². The van der Waals surface area contributed by atoms with Gasteiger partial charge in [-0.05, 0) is 24.6 Å². The van der Waals surface area contributed by atoms with Crippen molar-refractivity contribution in [2.45, 2.75) is 29.7 Å². The Morgan fingerprint density at radius 3 is 2.83 bits per heavy atom. The first kappa shape index (κ1) is 13.8. The van der Waals surface area contributed by atoms with Crippen LogP contribution >= 0.6 is 34.7 Å². The molecule has 0 spiro atoms. The Kier molecular flexibility index (Phi) is 5.00. The van der Waals surface area contributed by atoms with Crippen molar-refractivity contribution in [3.63, 3.8) is 0 Å². The minimum Gasteiger partial charge on any atom is -0.326 e. The smallest absolute Gasteiger partial charge is 0.116 e. The Morgan fingerprint density at radius 1 is 1.44 bits per heavy atom. The number of rotatable bonds is 5. The van der Waals surface area contributed by atoms with Gasteiger partial charge in [-0.25, -0.2) is 9.97 Å². The monoisotopic (exact) mass is 299 g/mol. The number of thioether (sulfide) groups is 1.